The lowest BCUT2D eigenvalue weighted by molar-refractivity contribution is 0.0687. The number of rotatable bonds is 2. The number of aromatic nitrogens is 2. The van der Waals surface area contributed by atoms with E-state index < -0.39 is 0 Å². The second-order valence-electron chi connectivity index (χ2n) is 6.31. The van der Waals surface area contributed by atoms with Crippen LogP contribution in [0.25, 0.3) is 10.2 Å². The van der Waals surface area contributed by atoms with Crippen LogP contribution in [0.15, 0.2) is 0 Å². The van der Waals surface area contributed by atoms with Gasteiger partial charge >= 0.3 is 0 Å². The number of thiophene rings is 1. The van der Waals surface area contributed by atoms with E-state index >= 15 is 0 Å². The van der Waals surface area contributed by atoms with E-state index in [-0.39, 0.29) is 5.91 Å². The lowest BCUT2D eigenvalue weighted by atomic mass is 10.00. The van der Waals surface area contributed by atoms with Gasteiger partial charge in [0.05, 0.1) is 4.88 Å². The summed E-state index contributed by atoms with van der Waals surface area (Å²) in [5.74, 6) is 1.63. The molecule has 1 aliphatic heterocycles. The molecule has 1 aliphatic rings. The number of likely N-dealkylation sites (tertiary alicyclic amines) is 1. The maximum absolute atomic E-state index is 12.9. The first kappa shape index (κ1) is 15.4. The molecule has 1 saturated heterocycles. The number of carbonyl (C=O) groups is 1. The zero-order chi connectivity index (χ0) is 15.9. The van der Waals surface area contributed by atoms with E-state index in [1.807, 2.05) is 18.7 Å². The Morgan fingerprint density at radius 2 is 2.14 bits per heavy atom. The Bertz CT molecular complexity index is 722. The maximum Gasteiger partial charge on any atom is 0.264 e. The maximum atomic E-state index is 12.9. The van der Waals surface area contributed by atoms with Crippen LogP contribution in [0.2, 0.25) is 0 Å². The normalized spacial score (nSPS) is 18.9. The summed E-state index contributed by atoms with van der Waals surface area (Å²) in [7, 11) is 0. The third kappa shape index (κ3) is 2.62. The average molecular weight is 317 g/mol. The van der Waals surface area contributed by atoms with Crippen LogP contribution in [0, 0.1) is 19.8 Å². The van der Waals surface area contributed by atoms with Gasteiger partial charge in [-0.2, -0.15) is 0 Å². The Hall–Kier alpha value is -1.49. The summed E-state index contributed by atoms with van der Waals surface area (Å²) >= 11 is 1.53. The minimum atomic E-state index is 0.171. The van der Waals surface area contributed by atoms with Crippen molar-refractivity contribution in [1.82, 2.24) is 14.9 Å². The summed E-state index contributed by atoms with van der Waals surface area (Å²) in [4.78, 5) is 25.9. The minimum Gasteiger partial charge on any atom is -0.338 e. The monoisotopic (exact) mass is 317 g/mol. The molecule has 1 atom stereocenters. The molecular weight excluding hydrogens is 294 g/mol. The Labute approximate surface area is 135 Å². The number of aryl methyl sites for hydroxylation is 3. The number of amides is 1. The van der Waals surface area contributed by atoms with Crippen molar-refractivity contribution in [3.8, 4) is 0 Å². The molecule has 1 fully saturated rings. The van der Waals surface area contributed by atoms with Gasteiger partial charge in [0.25, 0.3) is 5.91 Å². The van der Waals surface area contributed by atoms with Gasteiger partial charge in [-0.05, 0) is 38.2 Å². The highest BCUT2D eigenvalue weighted by atomic mass is 32.1. The first-order valence-electron chi connectivity index (χ1n) is 8.07. The Morgan fingerprint density at radius 1 is 1.36 bits per heavy atom. The fourth-order valence-electron chi connectivity index (χ4n) is 3.27. The molecule has 4 nitrogen and oxygen atoms in total. The minimum absolute atomic E-state index is 0.171. The molecule has 1 unspecified atom stereocenters. The van der Waals surface area contributed by atoms with Crippen molar-refractivity contribution in [2.45, 2.75) is 47.0 Å². The highest BCUT2D eigenvalue weighted by Gasteiger charge is 2.26. The van der Waals surface area contributed by atoms with E-state index in [0.717, 1.165) is 58.1 Å². The van der Waals surface area contributed by atoms with Crippen molar-refractivity contribution >= 4 is 27.5 Å². The molecule has 0 spiro atoms. The quantitative estimate of drug-likeness (QED) is 0.847. The third-order valence-corrected chi connectivity index (χ3v) is 5.65. The summed E-state index contributed by atoms with van der Waals surface area (Å²) in [6.45, 7) is 10.1. The molecular formula is C17H23N3OS. The largest absolute Gasteiger partial charge is 0.338 e. The van der Waals surface area contributed by atoms with E-state index in [1.165, 1.54) is 17.8 Å². The molecule has 3 heterocycles. The Morgan fingerprint density at radius 3 is 2.82 bits per heavy atom. The Balaban J connectivity index is 2.02. The average Bonchev–Trinajstić information content (AvgIpc) is 2.83. The predicted octanol–water partition coefficient (Wildman–Crippen LogP) is 3.74. The predicted molar refractivity (Wildman–Crippen MR) is 90.6 cm³/mol. The van der Waals surface area contributed by atoms with Crippen LogP contribution in [0.5, 0.6) is 0 Å². The van der Waals surface area contributed by atoms with Gasteiger partial charge in [-0.15, -0.1) is 11.3 Å². The fourth-order valence-corrected chi connectivity index (χ4v) is 4.49. The van der Waals surface area contributed by atoms with Crippen LogP contribution in [0.4, 0.5) is 0 Å². The van der Waals surface area contributed by atoms with Gasteiger partial charge in [0.15, 0.2) is 0 Å². The number of nitrogens with zero attached hydrogens (tertiary/aromatic N) is 3. The van der Waals surface area contributed by atoms with Crippen molar-refractivity contribution in [1.29, 1.82) is 0 Å². The SMILES string of the molecule is CCc1nc(C)c2c(C)c(C(=O)N3CCCC(C)C3)sc2n1. The van der Waals surface area contributed by atoms with Gasteiger partial charge < -0.3 is 4.90 Å². The van der Waals surface area contributed by atoms with Crippen molar-refractivity contribution in [3.05, 3.63) is 22.0 Å². The number of hydrogen-bond acceptors (Lipinski definition) is 4. The first-order chi connectivity index (χ1) is 10.5. The van der Waals surface area contributed by atoms with Gasteiger partial charge in [-0.1, -0.05) is 13.8 Å². The molecule has 0 aliphatic carbocycles. The molecule has 0 saturated carbocycles. The Kier molecular flexibility index (Phi) is 4.17. The highest BCUT2D eigenvalue weighted by molar-refractivity contribution is 7.20. The molecule has 0 aromatic carbocycles. The van der Waals surface area contributed by atoms with Crippen molar-refractivity contribution < 1.29 is 4.79 Å². The lowest BCUT2D eigenvalue weighted by Crippen LogP contribution is -2.38. The molecule has 0 N–H and O–H groups in total. The van der Waals surface area contributed by atoms with Gasteiger partial charge in [-0.3, -0.25) is 4.79 Å². The van der Waals surface area contributed by atoms with Crippen LogP contribution in [0.3, 0.4) is 0 Å². The molecule has 118 valence electrons. The number of fused-ring (bicyclic) bond motifs is 1. The smallest absolute Gasteiger partial charge is 0.264 e. The number of hydrogen-bond donors (Lipinski definition) is 0. The molecule has 2 aromatic heterocycles. The van der Waals surface area contributed by atoms with Crippen molar-refractivity contribution in [3.63, 3.8) is 0 Å². The van der Waals surface area contributed by atoms with Crippen LogP contribution >= 0.6 is 11.3 Å². The highest BCUT2D eigenvalue weighted by Crippen LogP contribution is 2.33. The molecule has 0 radical (unpaired) electrons. The second kappa shape index (κ2) is 5.95. The second-order valence-corrected chi connectivity index (χ2v) is 7.31. The van der Waals surface area contributed by atoms with Crippen LogP contribution < -0.4 is 0 Å². The summed E-state index contributed by atoms with van der Waals surface area (Å²) in [6, 6.07) is 0. The van der Waals surface area contributed by atoms with Gasteiger partial charge in [0.2, 0.25) is 0 Å². The summed E-state index contributed by atoms with van der Waals surface area (Å²) in [5, 5.41) is 1.07. The van der Waals surface area contributed by atoms with Crippen molar-refractivity contribution in [2.75, 3.05) is 13.1 Å². The molecule has 22 heavy (non-hydrogen) atoms. The van der Waals surface area contributed by atoms with Crippen LogP contribution in [-0.4, -0.2) is 33.9 Å². The summed E-state index contributed by atoms with van der Waals surface area (Å²) in [5.41, 5.74) is 2.03. The summed E-state index contributed by atoms with van der Waals surface area (Å²) in [6.07, 6.45) is 3.15. The fraction of sp³-hybridized carbons (Fsp3) is 0.588. The van der Waals surface area contributed by atoms with Crippen molar-refractivity contribution in [2.24, 2.45) is 5.92 Å². The molecule has 2 aromatic rings. The van der Waals surface area contributed by atoms with Gasteiger partial charge in [0.1, 0.15) is 10.7 Å². The van der Waals surface area contributed by atoms with Gasteiger partial charge in [-0.25, -0.2) is 9.97 Å². The lowest BCUT2D eigenvalue weighted by Gasteiger charge is -2.30. The van der Waals surface area contributed by atoms with E-state index in [9.17, 15) is 4.79 Å². The van der Waals surface area contributed by atoms with Crippen LogP contribution in [-0.2, 0) is 6.42 Å². The zero-order valence-electron chi connectivity index (χ0n) is 13.8. The summed E-state index contributed by atoms with van der Waals surface area (Å²) < 4.78 is 0. The first-order valence-corrected chi connectivity index (χ1v) is 8.88. The standard InChI is InChI=1S/C17H23N3OS/c1-5-13-18-12(4)14-11(3)15(22-16(14)19-13)17(21)20-8-6-7-10(2)9-20/h10H,5-9H2,1-4H3. The van der Waals surface area contributed by atoms with E-state index in [4.69, 9.17) is 0 Å². The molecule has 5 heteroatoms. The van der Waals surface area contributed by atoms with E-state index in [1.54, 1.807) is 0 Å². The van der Waals surface area contributed by atoms with Crippen LogP contribution in [0.1, 0.15) is 53.4 Å². The molecule has 1 amide bonds. The zero-order valence-corrected chi connectivity index (χ0v) is 14.6. The number of piperidine rings is 1. The molecule has 0 bridgehead atoms. The van der Waals surface area contributed by atoms with Gasteiger partial charge in [0, 0.05) is 30.6 Å². The van der Waals surface area contributed by atoms with E-state index in [2.05, 4.69) is 23.8 Å². The number of carbonyl (C=O) groups excluding carboxylic acids is 1. The topological polar surface area (TPSA) is 46.1 Å². The van der Waals surface area contributed by atoms with E-state index in [0.29, 0.717) is 5.92 Å². The molecule has 3 rings (SSSR count). The third-order valence-electron chi connectivity index (χ3n) is 4.47.